The lowest BCUT2D eigenvalue weighted by molar-refractivity contribution is 0.0187. The number of nitrogens with one attached hydrogen (secondary N) is 1. The topological polar surface area (TPSA) is 30.5 Å². The van der Waals surface area contributed by atoms with Gasteiger partial charge in [-0.15, -0.1) is 0 Å². The first kappa shape index (κ1) is 12.9. The molecule has 0 saturated heterocycles. The monoisotopic (exact) mass is 215 g/mol. The molecule has 0 bridgehead atoms. The van der Waals surface area contributed by atoms with Gasteiger partial charge in [-0.25, -0.2) is 0 Å². The Morgan fingerprint density at radius 1 is 1.13 bits per heavy atom. The smallest absolute Gasteiger partial charge is 0.0703 e. The summed E-state index contributed by atoms with van der Waals surface area (Å²) in [6, 6.07) is 0.838. The molecule has 1 aliphatic rings. The second-order valence-corrected chi connectivity index (χ2v) is 4.47. The van der Waals surface area contributed by atoms with Crippen molar-refractivity contribution in [3.63, 3.8) is 0 Å². The zero-order valence-corrected chi connectivity index (χ0v) is 10.1. The summed E-state index contributed by atoms with van der Waals surface area (Å²) in [7, 11) is 0. The lowest BCUT2D eigenvalue weighted by Crippen LogP contribution is -2.18. The van der Waals surface area contributed by atoms with E-state index in [-0.39, 0.29) is 0 Å². The largest absolute Gasteiger partial charge is 0.379 e. The molecule has 0 unspecified atom stereocenters. The Bertz CT molecular complexity index is 139. The van der Waals surface area contributed by atoms with E-state index in [1.165, 1.54) is 19.3 Å². The van der Waals surface area contributed by atoms with Gasteiger partial charge in [0, 0.05) is 12.6 Å². The third kappa shape index (κ3) is 8.85. The van der Waals surface area contributed by atoms with Crippen molar-refractivity contribution in [3.8, 4) is 0 Å². The van der Waals surface area contributed by atoms with Crippen molar-refractivity contribution in [2.75, 3.05) is 26.4 Å². The van der Waals surface area contributed by atoms with E-state index in [9.17, 15) is 0 Å². The molecule has 1 N–H and O–H groups in total. The summed E-state index contributed by atoms with van der Waals surface area (Å²) in [5, 5.41) is 3.49. The summed E-state index contributed by atoms with van der Waals surface area (Å²) in [5.74, 6) is 0. The second kappa shape index (κ2) is 8.08. The summed E-state index contributed by atoms with van der Waals surface area (Å²) < 4.78 is 10.8. The highest BCUT2D eigenvalue weighted by atomic mass is 16.5. The van der Waals surface area contributed by atoms with Gasteiger partial charge in [0.1, 0.15) is 0 Å². The third-order valence-electron chi connectivity index (χ3n) is 2.40. The number of unbranched alkanes of at least 4 members (excludes halogenated alkanes) is 1. The summed E-state index contributed by atoms with van der Waals surface area (Å²) in [4.78, 5) is 0. The highest BCUT2D eigenvalue weighted by molar-refractivity contribution is 4.80. The van der Waals surface area contributed by atoms with Crippen molar-refractivity contribution in [3.05, 3.63) is 0 Å². The highest BCUT2D eigenvalue weighted by Crippen LogP contribution is 2.18. The average Bonchev–Trinajstić information content (AvgIpc) is 2.98. The maximum absolute atomic E-state index is 5.45. The maximum atomic E-state index is 5.45. The molecule has 1 saturated carbocycles. The molecule has 1 aliphatic carbocycles. The molecule has 0 amide bonds. The fourth-order valence-electron chi connectivity index (χ4n) is 1.37. The van der Waals surface area contributed by atoms with E-state index in [4.69, 9.17) is 9.47 Å². The van der Waals surface area contributed by atoms with Crippen molar-refractivity contribution in [1.82, 2.24) is 5.32 Å². The summed E-state index contributed by atoms with van der Waals surface area (Å²) in [5.41, 5.74) is 0. The van der Waals surface area contributed by atoms with Crippen LogP contribution in [-0.2, 0) is 9.47 Å². The van der Waals surface area contributed by atoms with E-state index in [0.29, 0.717) is 6.10 Å². The lowest BCUT2D eigenvalue weighted by atomic mass is 10.3. The van der Waals surface area contributed by atoms with Crippen LogP contribution < -0.4 is 5.32 Å². The Balaban J connectivity index is 1.65. The molecule has 1 fully saturated rings. The van der Waals surface area contributed by atoms with Crippen molar-refractivity contribution in [2.24, 2.45) is 0 Å². The Hall–Kier alpha value is -0.120. The Morgan fingerprint density at radius 3 is 2.60 bits per heavy atom. The van der Waals surface area contributed by atoms with Crippen molar-refractivity contribution in [1.29, 1.82) is 0 Å². The predicted molar refractivity (Wildman–Crippen MR) is 62.2 cm³/mol. The summed E-state index contributed by atoms with van der Waals surface area (Å²) >= 11 is 0. The number of hydrogen-bond donors (Lipinski definition) is 1. The van der Waals surface area contributed by atoms with Gasteiger partial charge in [0.25, 0.3) is 0 Å². The minimum atomic E-state index is 0.316. The predicted octanol–water partition coefficient (Wildman–Crippen LogP) is 1.96. The maximum Gasteiger partial charge on any atom is 0.0703 e. The van der Waals surface area contributed by atoms with Crippen molar-refractivity contribution < 1.29 is 9.47 Å². The molecule has 0 spiro atoms. The van der Waals surface area contributed by atoms with Crippen LogP contribution in [0.5, 0.6) is 0 Å². The normalized spacial score (nSPS) is 16.2. The highest BCUT2D eigenvalue weighted by Gasteiger charge is 2.19. The first-order valence-electron chi connectivity index (χ1n) is 6.22. The van der Waals surface area contributed by atoms with Gasteiger partial charge < -0.3 is 14.8 Å². The molecule has 0 radical (unpaired) electrons. The van der Waals surface area contributed by atoms with E-state index in [1.807, 2.05) is 13.8 Å². The molecule has 3 nitrogen and oxygen atoms in total. The average molecular weight is 215 g/mol. The fraction of sp³-hybridized carbons (Fsp3) is 1.00. The van der Waals surface area contributed by atoms with Gasteiger partial charge in [-0.1, -0.05) is 0 Å². The Kier molecular flexibility index (Phi) is 6.98. The van der Waals surface area contributed by atoms with Crippen LogP contribution >= 0.6 is 0 Å². The number of ether oxygens (including phenoxy) is 2. The molecule has 0 atom stereocenters. The van der Waals surface area contributed by atoms with Gasteiger partial charge in [0.2, 0.25) is 0 Å². The van der Waals surface area contributed by atoms with Gasteiger partial charge in [0.15, 0.2) is 0 Å². The molecule has 90 valence electrons. The van der Waals surface area contributed by atoms with Crippen LogP contribution in [0.15, 0.2) is 0 Å². The standard InChI is InChI=1S/C12H25NO2/c1-11(2)15-10-9-14-8-4-3-7-13-12-5-6-12/h11-13H,3-10H2,1-2H3. The van der Waals surface area contributed by atoms with E-state index in [0.717, 1.165) is 38.8 Å². The van der Waals surface area contributed by atoms with E-state index in [1.54, 1.807) is 0 Å². The molecule has 1 rings (SSSR count). The van der Waals surface area contributed by atoms with Gasteiger partial charge >= 0.3 is 0 Å². The molecule has 3 heteroatoms. The molecule has 0 aromatic carbocycles. The van der Waals surface area contributed by atoms with Crippen LogP contribution in [0, 0.1) is 0 Å². The van der Waals surface area contributed by atoms with Crippen LogP contribution in [0.25, 0.3) is 0 Å². The quantitative estimate of drug-likeness (QED) is 0.565. The molecular formula is C12H25NO2. The van der Waals surface area contributed by atoms with Crippen LogP contribution in [0.4, 0.5) is 0 Å². The van der Waals surface area contributed by atoms with Crippen LogP contribution in [-0.4, -0.2) is 38.5 Å². The van der Waals surface area contributed by atoms with Gasteiger partial charge in [-0.05, 0) is 46.1 Å². The molecule has 0 heterocycles. The minimum absolute atomic E-state index is 0.316. The minimum Gasteiger partial charge on any atom is -0.379 e. The van der Waals surface area contributed by atoms with Gasteiger partial charge in [-0.2, -0.15) is 0 Å². The lowest BCUT2D eigenvalue weighted by Gasteiger charge is -2.08. The van der Waals surface area contributed by atoms with Gasteiger partial charge in [0.05, 0.1) is 19.3 Å². The van der Waals surface area contributed by atoms with E-state index >= 15 is 0 Å². The fourth-order valence-corrected chi connectivity index (χ4v) is 1.37. The first-order chi connectivity index (χ1) is 7.29. The third-order valence-corrected chi connectivity index (χ3v) is 2.40. The molecule has 0 aliphatic heterocycles. The first-order valence-corrected chi connectivity index (χ1v) is 6.22. The van der Waals surface area contributed by atoms with Crippen molar-refractivity contribution in [2.45, 2.75) is 51.7 Å². The molecular weight excluding hydrogens is 190 g/mol. The SMILES string of the molecule is CC(C)OCCOCCCCNC1CC1. The number of rotatable bonds is 10. The van der Waals surface area contributed by atoms with Crippen molar-refractivity contribution >= 4 is 0 Å². The number of hydrogen-bond acceptors (Lipinski definition) is 3. The van der Waals surface area contributed by atoms with Crippen LogP contribution in [0.1, 0.15) is 39.5 Å². The Morgan fingerprint density at radius 2 is 1.93 bits per heavy atom. The second-order valence-electron chi connectivity index (χ2n) is 4.47. The van der Waals surface area contributed by atoms with Gasteiger partial charge in [-0.3, -0.25) is 0 Å². The van der Waals surface area contributed by atoms with Crippen LogP contribution in [0.3, 0.4) is 0 Å². The zero-order valence-electron chi connectivity index (χ0n) is 10.1. The molecule has 15 heavy (non-hydrogen) atoms. The Labute approximate surface area is 93.5 Å². The van der Waals surface area contributed by atoms with E-state index in [2.05, 4.69) is 5.32 Å². The summed E-state index contributed by atoms with van der Waals surface area (Å²) in [6.45, 7) is 7.56. The summed E-state index contributed by atoms with van der Waals surface area (Å²) in [6.07, 6.45) is 5.45. The molecule has 0 aromatic rings. The zero-order chi connectivity index (χ0) is 10.9. The van der Waals surface area contributed by atoms with Crippen LogP contribution in [0.2, 0.25) is 0 Å². The van der Waals surface area contributed by atoms with E-state index < -0.39 is 0 Å². The molecule has 0 aromatic heterocycles.